The first-order valence-corrected chi connectivity index (χ1v) is 8.11. The minimum absolute atomic E-state index is 0.0309. The molecule has 1 N–H and O–H groups in total. The number of carbonyl (C=O) groups excluding carboxylic acids is 3. The number of benzene rings is 1. The van der Waals surface area contributed by atoms with Crippen LogP contribution >= 0.6 is 0 Å². The van der Waals surface area contributed by atoms with E-state index in [1.165, 1.54) is 19.2 Å². The summed E-state index contributed by atoms with van der Waals surface area (Å²) in [4.78, 5) is 51.1. The van der Waals surface area contributed by atoms with Gasteiger partial charge in [0, 0.05) is 37.8 Å². The van der Waals surface area contributed by atoms with Crippen LogP contribution in [0.5, 0.6) is 0 Å². The van der Waals surface area contributed by atoms with Gasteiger partial charge in [0.1, 0.15) is 0 Å². The van der Waals surface area contributed by atoms with Crippen LogP contribution < -0.4 is 10.2 Å². The summed E-state index contributed by atoms with van der Waals surface area (Å²) in [6.07, 6.45) is -0.0309. The van der Waals surface area contributed by atoms with E-state index in [2.05, 4.69) is 5.32 Å². The van der Waals surface area contributed by atoms with Gasteiger partial charge in [0.25, 0.3) is 5.69 Å². The lowest BCUT2D eigenvalue weighted by Gasteiger charge is -2.52. The number of nitrogens with zero attached hydrogens (tertiary/aromatic N) is 3. The number of nitro groups is 1. The Bertz CT molecular complexity index is 855. The molecule has 3 aliphatic heterocycles. The molecule has 4 rings (SSSR count). The van der Waals surface area contributed by atoms with Gasteiger partial charge in [-0.25, -0.2) is 4.79 Å². The molecule has 10 nitrogen and oxygen atoms in total. The molecule has 0 radical (unpaired) electrons. The average Bonchev–Trinajstić information content (AvgIpc) is 2.64. The number of urea groups is 1. The molecule has 26 heavy (non-hydrogen) atoms. The SMILES string of the molecule is CN1C(=O)NC(=O)[C@@]2(Cc3cc([N+](=O)[O-])ccc3N3CCOC[C@@H]32)C1=O. The molecule has 1 spiro atoms. The Balaban J connectivity index is 1.90. The van der Waals surface area contributed by atoms with E-state index in [1.54, 1.807) is 6.07 Å². The van der Waals surface area contributed by atoms with E-state index in [1.807, 2.05) is 4.90 Å². The number of barbiturate groups is 1. The van der Waals surface area contributed by atoms with E-state index < -0.39 is 34.2 Å². The Hall–Kier alpha value is -3.01. The van der Waals surface area contributed by atoms with Crippen molar-refractivity contribution in [3.8, 4) is 0 Å². The minimum atomic E-state index is -1.56. The van der Waals surface area contributed by atoms with Gasteiger partial charge in [-0.05, 0) is 11.6 Å². The molecule has 2 saturated heterocycles. The highest BCUT2D eigenvalue weighted by atomic mass is 16.6. The van der Waals surface area contributed by atoms with Crippen LogP contribution in [0, 0.1) is 15.5 Å². The fourth-order valence-corrected chi connectivity index (χ4v) is 4.06. The van der Waals surface area contributed by atoms with E-state index in [0.717, 1.165) is 10.6 Å². The summed E-state index contributed by atoms with van der Waals surface area (Å²) in [5.74, 6) is -1.31. The normalized spacial score (nSPS) is 27.9. The number of carbonyl (C=O) groups is 3. The van der Waals surface area contributed by atoms with Gasteiger partial charge >= 0.3 is 6.03 Å². The molecular formula is C16H16N4O6. The Morgan fingerprint density at radius 3 is 2.85 bits per heavy atom. The maximum atomic E-state index is 13.0. The summed E-state index contributed by atoms with van der Waals surface area (Å²) in [5, 5.41) is 13.4. The number of amides is 4. The van der Waals surface area contributed by atoms with Crippen molar-refractivity contribution in [1.29, 1.82) is 0 Å². The first kappa shape index (κ1) is 16.5. The second kappa shape index (κ2) is 5.49. The van der Waals surface area contributed by atoms with Gasteiger partial charge in [-0.1, -0.05) is 0 Å². The van der Waals surface area contributed by atoms with Gasteiger partial charge in [0.05, 0.1) is 24.2 Å². The molecule has 0 aromatic heterocycles. The lowest BCUT2D eigenvalue weighted by Crippen LogP contribution is -2.73. The van der Waals surface area contributed by atoms with Crippen molar-refractivity contribution in [3.63, 3.8) is 0 Å². The van der Waals surface area contributed by atoms with Crippen LogP contribution in [0.25, 0.3) is 0 Å². The lowest BCUT2D eigenvalue weighted by molar-refractivity contribution is -0.384. The third-order valence-corrected chi connectivity index (χ3v) is 5.37. The average molecular weight is 360 g/mol. The van der Waals surface area contributed by atoms with Crippen LogP contribution in [0.1, 0.15) is 5.56 Å². The van der Waals surface area contributed by atoms with Crippen LogP contribution in [0.3, 0.4) is 0 Å². The zero-order chi connectivity index (χ0) is 18.6. The highest BCUT2D eigenvalue weighted by molar-refractivity contribution is 6.20. The van der Waals surface area contributed by atoms with Crippen molar-refractivity contribution in [2.75, 3.05) is 31.7 Å². The Labute approximate surface area is 147 Å². The van der Waals surface area contributed by atoms with Crippen molar-refractivity contribution in [2.45, 2.75) is 12.5 Å². The monoisotopic (exact) mass is 360 g/mol. The standard InChI is InChI=1S/C16H16N4O6/c1-18-14(22)16(13(21)17-15(18)23)7-9-6-10(20(24)25)2-3-11(9)19-4-5-26-8-12(16)19/h2-3,6,12H,4-5,7-8H2,1H3,(H,17,21,23)/t12-,16+/m1/s1. The first-order chi connectivity index (χ1) is 12.4. The number of rotatable bonds is 1. The van der Waals surface area contributed by atoms with E-state index in [4.69, 9.17) is 4.74 Å². The Kier molecular flexibility index (Phi) is 3.48. The third kappa shape index (κ3) is 2.05. The number of non-ortho nitro benzene ring substituents is 1. The van der Waals surface area contributed by atoms with Gasteiger partial charge in [-0.3, -0.25) is 29.9 Å². The molecule has 3 heterocycles. The molecule has 1 aromatic rings. The number of anilines is 1. The molecule has 1 aromatic carbocycles. The van der Waals surface area contributed by atoms with E-state index in [-0.39, 0.29) is 18.7 Å². The number of fused-ring (bicyclic) bond motifs is 4. The number of nitrogens with one attached hydrogen (secondary N) is 1. The van der Waals surface area contributed by atoms with Crippen molar-refractivity contribution >= 4 is 29.2 Å². The molecule has 136 valence electrons. The lowest BCUT2D eigenvalue weighted by atomic mass is 9.68. The van der Waals surface area contributed by atoms with Gasteiger partial charge in [-0.15, -0.1) is 0 Å². The van der Waals surface area contributed by atoms with Gasteiger partial charge in [-0.2, -0.15) is 0 Å². The highest BCUT2D eigenvalue weighted by Gasteiger charge is 2.62. The second-order valence-electron chi connectivity index (χ2n) is 6.63. The molecule has 4 amide bonds. The largest absolute Gasteiger partial charge is 0.377 e. The molecule has 10 heteroatoms. The van der Waals surface area contributed by atoms with E-state index in [0.29, 0.717) is 18.7 Å². The zero-order valence-electron chi connectivity index (χ0n) is 13.9. The number of hydrogen-bond donors (Lipinski definition) is 1. The van der Waals surface area contributed by atoms with Crippen LogP contribution in [-0.4, -0.2) is 60.5 Å². The predicted molar refractivity (Wildman–Crippen MR) is 87.5 cm³/mol. The molecule has 0 unspecified atom stereocenters. The van der Waals surface area contributed by atoms with E-state index >= 15 is 0 Å². The summed E-state index contributed by atoms with van der Waals surface area (Å²) in [6, 6.07) is 3.06. The molecule has 0 bridgehead atoms. The van der Waals surface area contributed by atoms with Crippen molar-refractivity contribution in [1.82, 2.24) is 10.2 Å². The molecular weight excluding hydrogens is 344 g/mol. The quantitative estimate of drug-likeness (QED) is 0.426. The smallest absolute Gasteiger partial charge is 0.330 e. The molecule has 2 atom stereocenters. The summed E-state index contributed by atoms with van der Waals surface area (Å²) in [6.45, 7) is 1.00. The molecule has 3 aliphatic rings. The number of morpholine rings is 1. The maximum absolute atomic E-state index is 13.0. The number of hydrogen-bond acceptors (Lipinski definition) is 7. The second-order valence-corrected chi connectivity index (χ2v) is 6.63. The van der Waals surface area contributed by atoms with E-state index in [9.17, 15) is 24.5 Å². The van der Waals surface area contributed by atoms with Crippen molar-refractivity contribution in [3.05, 3.63) is 33.9 Å². The molecule has 2 fully saturated rings. The summed E-state index contributed by atoms with van der Waals surface area (Å²) in [5.41, 5.74) is -0.400. The van der Waals surface area contributed by atoms with Crippen LogP contribution in [0.2, 0.25) is 0 Å². The van der Waals surface area contributed by atoms with Crippen LogP contribution in [-0.2, 0) is 20.7 Å². The third-order valence-electron chi connectivity index (χ3n) is 5.37. The number of imide groups is 2. The van der Waals surface area contributed by atoms with Gasteiger partial charge in [0.2, 0.25) is 11.8 Å². The van der Waals surface area contributed by atoms with Crippen LogP contribution in [0.15, 0.2) is 18.2 Å². The maximum Gasteiger partial charge on any atom is 0.330 e. The Morgan fingerprint density at radius 1 is 1.35 bits per heavy atom. The van der Waals surface area contributed by atoms with Crippen molar-refractivity contribution in [2.24, 2.45) is 5.41 Å². The fraction of sp³-hybridized carbons (Fsp3) is 0.438. The summed E-state index contributed by atoms with van der Waals surface area (Å²) in [7, 11) is 1.31. The molecule has 0 aliphatic carbocycles. The fourth-order valence-electron chi connectivity index (χ4n) is 4.06. The number of ether oxygens (including phenoxy) is 1. The highest BCUT2D eigenvalue weighted by Crippen LogP contribution is 2.45. The van der Waals surface area contributed by atoms with Crippen molar-refractivity contribution < 1.29 is 24.0 Å². The number of nitro benzene ring substituents is 1. The molecule has 0 saturated carbocycles. The predicted octanol–water partition coefficient (Wildman–Crippen LogP) is 0.0507. The topological polar surface area (TPSA) is 122 Å². The summed E-state index contributed by atoms with van der Waals surface area (Å²) >= 11 is 0. The minimum Gasteiger partial charge on any atom is -0.377 e. The zero-order valence-corrected chi connectivity index (χ0v) is 13.9. The Morgan fingerprint density at radius 2 is 2.12 bits per heavy atom. The summed E-state index contributed by atoms with van der Waals surface area (Å²) < 4.78 is 5.52. The van der Waals surface area contributed by atoms with Gasteiger partial charge < -0.3 is 9.64 Å². The van der Waals surface area contributed by atoms with Gasteiger partial charge in [0.15, 0.2) is 5.41 Å². The van der Waals surface area contributed by atoms with Crippen LogP contribution in [0.4, 0.5) is 16.2 Å². The first-order valence-electron chi connectivity index (χ1n) is 8.11.